The molecule has 1 aliphatic rings. The Morgan fingerprint density at radius 3 is 3.00 bits per heavy atom. The lowest BCUT2D eigenvalue weighted by molar-refractivity contribution is -0.151. The zero-order chi connectivity index (χ0) is 15.7. The Kier molecular flexibility index (Phi) is 3.45. The van der Waals surface area contributed by atoms with Crippen LogP contribution in [0.4, 0.5) is 0 Å². The number of fused-ring (bicyclic) bond motifs is 1. The number of Topliss-reactive ketones (excluding diaryl/α,β-unsaturated/α-hetero) is 1. The van der Waals surface area contributed by atoms with Crippen LogP contribution < -0.4 is 0 Å². The van der Waals surface area contributed by atoms with Crippen LogP contribution in [-0.2, 0) is 19.7 Å². The highest BCUT2D eigenvalue weighted by Crippen LogP contribution is 2.43. The van der Waals surface area contributed by atoms with Gasteiger partial charge < -0.3 is 9.72 Å². The molecule has 0 spiro atoms. The van der Waals surface area contributed by atoms with Gasteiger partial charge in [0.1, 0.15) is 11.7 Å². The fraction of sp³-hybridized carbons (Fsp3) is 0.353. The number of nitrogens with zero attached hydrogens (tertiary/aromatic N) is 1. The molecule has 2 atom stereocenters. The number of nitrogens with one attached hydrogen (secondary N) is 1. The molecule has 0 saturated heterocycles. The smallest absolute Gasteiger partial charge is 0.316 e. The predicted molar refractivity (Wildman–Crippen MR) is 80.0 cm³/mol. The summed E-state index contributed by atoms with van der Waals surface area (Å²) in [7, 11) is 1.27. The quantitative estimate of drug-likeness (QED) is 0.681. The molecule has 3 rings (SSSR count). The first kappa shape index (κ1) is 14.3. The molecule has 0 bridgehead atoms. The lowest BCUT2D eigenvalue weighted by atomic mass is 9.65. The van der Waals surface area contributed by atoms with E-state index in [0.717, 1.165) is 16.5 Å². The molecule has 2 unspecified atom stereocenters. The maximum Gasteiger partial charge on any atom is 0.316 e. The molecule has 5 heteroatoms. The molecule has 1 aromatic heterocycles. The molecule has 0 aliphatic heterocycles. The van der Waals surface area contributed by atoms with Crippen LogP contribution in [0, 0.1) is 17.2 Å². The van der Waals surface area contributed by atoms with Crippen LogP contribution in [0.3, 0.4) is 0 Å². The van der Waals surface area contributed by atoms with E-state index in [0.29, 0.717) is 6.42 Å². The summed E-state index contributed by atoms with van der Waals surface area (Å²) in [6.45, 7) is 0. The van der Waals surface area contributed by atoms with Crippen molar-refractivity contribution in [1.29, 1.82) is 5.26 Å². The summed E-state index contributed by atoms with van der Waals surface area (Å²) in [6, 6.07) is 10.0. The van der Waals surface area contributed by atoms with Gasteiger partial charge in [-0.15, -0.1) is 0 Å². The molecule has 1 heterocycles. The molecular weight excluding hydrogens is 280 g/mol. The molecule has 22 heavy (non-hydrogen) atoms. The molecule has 1 N–H and O–H groups in total. The first-order chi connectivity index (χ1) is 10.6. The fourth-order valence-electron chi connectivity index (χ4n) is 3.34. The van der Waals surface area contributed by atoms with Gasteiger partial charge in [0.05, 0.1) is 18.6 Å². The van der Waals surface area contributed by atoms with Gasteiger partial charge in [0.15, 0.2) is 0 Å². The average molecular weight is 296 g/mol. The van der Waals surface area contributed by atoms with Crippen LogP contribution >= 0.6 is 0 Å². The summed E-state index contributed by atoms with van der Waals surface area (Å²) in [5.74, 6) is -1.54. The Morgan fingerprint density at radius 1 is 1.45 bits per heavy atom. The number of hydrogen-bond acceptors (Lipinski definition) is 4. The van der Waals surface area contributed by atoms with Crippen molar-refractivity contribution in [2.24, 2.45) is 5.92 Å². The number of H-pyrrole nitrogens is 1. The van der Waals surface area contributed by atoms with Gasteiger partial charge in [0.2, 0.25) is 0 Å². The van der Waals surface area contributed by atoms with Crippen molar-refractivity contribution >= 4 is 22.7 Å². The predicted octanol–water partition coefficient (Wildman–Crippen LogP) is 2.47. The van der Waals surface area contributed by atoms with Gasteiger partial charge in [-0.1, -0.05) is 12.1 Å². The van der Waals surface area contributed by atoms with Crippen LogP contribution in [0.2, 0.25) is 0 Å². The van der Waals surface area contributed by atoms with E-state index in [1.807, 2.05) is 30.5 Å². The first-order valence-electron chi connectivity index (χ1n) is 7.20. The second kappa shape index (κ2) is 5.30. The molecule has 1 fully saturated rings. The van der Waals surface area contributed by atoms with E-state index in [4.69, 9.17) is 4.74 Å². The Balaban J connectivity index is 2.09. The molecule has 0 radical (unpaired) electrons. The summed E-state index contributed by atoms with van der Waals surface area (Å²) in [6.07, 6.45) is 2.65. The van der Waals surface area contributed by atoms with Crippen molar-refractivity contribution in [2.75, 3.05) is 7.11 Å². The second-order valence-corrected chi connectivity index (χ2v) is 5.68. The molecule has 1 aliphatic carbocycles. The van der Waals surface area contributed by atoms with Gasteiger partial charge in [-0.05, 0) is 30.5 Å². The summed E-state index contributed by atoms with van der Waals surface area (Å²) in [5, 5.41) is 10.8. The number of aromatic amines is 1. The van der Waals surface area contributed by atoms with Gasteiger partial charge in [-0.3, -0.25) is 9.59 Å². The van der Waals surface area contributed by atoms with Crippen molar-refractivity contribution in [3.8, 4) is 6.07 Å². The molecular formula is C17H16N2O3. The largest absolute Gasteiger partial charge is 0.468 e. The maximum atomic E-state index is 12.0. The van der Waals surface area contributed by atoms with Crippen LogP contribution in [-0.4, -0.2) is 23.8 Å². The highest BCUT2D eigenvalue weighted by Gasteiger charge is 2.45. The first-order valence-corrected chi connectivity index (χ1v) is 7.20. The number of carbonyl (C=O) groups is 2. The molecule has 0 amide bonds. The van der Waals surface area contributed by atoms with E-state index < -0.39 is 17.3 Å². The number of ketones is 1. The van der Waals surface area contributed by atoms with Gasteiger partial charge >= 0.3 is 5.97 Å². The topological polar surface area (TPSA) is 82.9 Å². The van der Waals surface area contributed by atoms with E-state index in [9.17, 15) is 14.9 Å². The van der Waals surface area contributed by atoms with Crippen LogP contribution in [0.15, 0.2) is 30.5 Å². The third-order valence-electron chi connectivity index (χ3n) is 4.55. The molecule has 1 saturated carbocycles. The van der Waals surface area contributed by atoms with Gasteiger partial charge in [0, 0.05) is 23.5 Å². The molecule has 1 aromatic carbocycles. The highest BCUT2D eigenvalue weighted by molar-refractivity contribution is 6.00. The van der Waals surface area contributed by atoms with E-state index in [2.05, 4.69) is 11.1 Å². The Hall–Kier alpha value is -2.61. The SMILES string of the molecule is COC(=O)C1CC(C#N)(c2cccc3[nH]ccc23)CCC1=O. The Labute approximate surface area is 127 Å². The summed E-state index contributed by atoms with van der Waals surface area (Å²) in [5.41, 5.74) is 0.975. The van der Waals surface area contributed by atoms with E-state index in [1.54, 1.807) is 0 Å². The number of hydrogen-bond donors (Lipinski definition) is 1. The fourth-order valence-corrected chi connectivity index (χ4v) is 3.34. The van der Waals surface area contributed by atoms with E-state index >= 15 is 0 Å². The lowest BCUT2D eigenvalue weighted by Crippen LogP contribution is -2.40. The summed E-state index contributed by atoms with van der Waals surface area (Å²) >= 11 is 0. The second-order valence-electron chi connectivity index (χ2n) is 5.68. The zero-order valence-electron chi connectivity index (χ0n) is 12.3. The number of aromatic nitrogens is 1. The zero-order valence-corrected chi connectivity index (χ0v) is 12.3. The molecule has 5 nitrogen and oxygen atoms in total. The van der Waals surface area contributed by atoms with Crippen LogP contribution in [0.1, 0.15) is 24.8 Å². The van der Waals surface area contributed by atoms with Crippen LogP contribution in [0.5, 0.6) is 0 Å². The number of benzene rings is 1. The lowest BCUT2D eigenvalue weighted by Gasteiger charge is -2.34. The average Bonchev–Trinajstić information content (AvgIpc) is 3.03. The standard InChI is InChI=1S/C17H16N2O3/c1-22-16(21)12-9-17(10-18,7-5-15(12)20)13-3-2-4-14-11(13)6-8-19-14/h2-4,6,8,12,19H,5,7,9H2,1H3. The number of rotatable bonds is 2. The minimum absolute atomic E-state index is 0.140. The number of methoxy groups -OCH3 is 1. The third-order valence-corrected chi connectivity index (χ3v) is 4.55. The number of esters is 1. The minimum Gasteiger partial charge on any atom is -0.468 e. The number of nitriles is 1. The van der Waals surface area contributed by atoms with Gasteiger partial charge in [0.25, 0.3) is 0 Å². The van der Waals surface area contributed by atoms with Gasteiger partial charge in [-0.2, -0.15) is 5.26 Å². The maximum absolute atomic E-state index is 12.0. The Morgan fingerprint density at radius 2 is 2.27 bits per heavy atom. The van der Waals surface area contributed by atoms with Crippen molar-refractivity contribution < 1.29 is 14.3 Å². The van der Waals surface area contributed by atoms with Crippen molar-refractivity contribution in [2.45, 2.75) is 24.7 Å². The summed E-state index contributed by atoms with van der Waals surface area (Å²) in [4.78, 5) is 27.0. The van der Waals surface area contributed by atoms with Crippen molar-refractivity contribution in [3.05, 3.63) is 36.0 Å². The van der Waals surface area contributed by atoms with Crippen molar-refractivity contribution in [3.63, 3.8) is 0 Å². The molecule has 112 valence electrons. The minimum atomic E-state index is -0.854. The molecule has 2 aromatic rings. The highest BCUT2D eigenvalue weighted by atomic mass is 16.5. The number of carbonyl (C=O) groups excluding carboxylic acids is 2. The third kappa shape index (κ3) is 2.08. The van der Waals surface area contributed by atoms with E-state index in [-0.39, 0.29) is 18.6 Å². The van der Waals surface area contributed by atoms with Crippen LogP contribution in [0.25, 0.3) is 10.9 Å². The normalized spacial score (nSPS) is 24.9. The number of ether oxygens (including phenoxy) is 1. The Bertz CT molecular complexity index is 779. The monoisotopic (exact) mass is 296 g/mol. The van der Waals surface area contributed by atoms with Crippen molar-refractivity contribution in [1.82, 2.24) is 4.98 Å². The van der Waals surface area contributed by atoms with Gasteiger partial charge in [-0.25, -0.2) is 0 Å². The summed E-state index contributed by atoms with van der Waals surface area (Å²) < 4.78 is 4.73. The van der Waals surface area contributed by atoms with E-state index in [1.165, 1.54) is 7.11 Å².